The number of aromatic nitrogens is 2. The van der Waals surface area contributed by atoms with E-state index in [2.05, 4.69) is 10.3 Å². The first-order chi connectivity index (χ1) is 13.0. The Bertz CT molecular complexity index is 1130. The number of nitriles is 1. The van der Waals surface area contributed by atoms with E-state index in [0.29, 0.717) is 16.6 Å². The molecule has 6 nitrogen and oxygen atoms in total. The molecule has 1 heterocycles. The number of benzene rings is 2. The fraction of sp³-hybridized carbons (Fsp3) is 0.111. The van der Waals surface area contributed by atoms with Gasteiger partial charge < -0.3 is 5.32 Å². The van der Waals surface area contributed by atoms with E-state index in [-0.39, 0.29) is 33.9 Å². The predicted molar refractivity (Wildman–Crippen MR) is 102 cm³/mol. The zero-order chi connectivity index (χ0) is 19.4. The van der Waals surface area contributed by atoms with Crippen LogP contribution in [-0.2, 0) is 4.79 Å². The van der Waals surface area contributed by atoms with Crippen LogP contribution in [0.2, 0.25) is 5.02 Å². The summed E-state index contributed by atoms with van der Waals surface area (Å²) >= 11 is 6.89. The summed E-state index contributed by atoms with van der Waals surface area (Å²) in [6.07, 6.45) is 0. The lowest BCUT2D eigenvalue weighted by molar-refractivity contribution is -0.118. The number of carbonyl (C=O) groups excluding carboxylic acids is 1. The van der Waals surface area contributed by atoms with Gasteiger partial charge in [0.05, 0.1) is 33.4 Å². The van der Waals surface area contributed by atoms with Crippen molar-refractivity contribution < 1.29 is 9.18 Å². The number of thioether (sulfide) groups is 1. The number of halogens is 2. The number of hydrogen-bond donors (Lipinski definition) is 1. The van der Waals surface area contributed by atoms with Gasteiger partial charge in [0.1, 0.15) is 12.4 Å². The maximum absolute atomic E-state index is 13.5. The molecule has 1 N–H and O–H groups in total. The average molecular weight is 403 g/mol. The Morgan fingerprint density at radius 1 is 1.33 bits per heavy atom. The first-order valence-electron chi connectivity index (χ1n) is 7.75. The monoisotopic (exact) mass is 402 g/mol. The van der Waals surface area contributed by atoms with Gasteiger partial charge in [-0.3, -0.25) is 14.2 Å². The lowest BCUT2D eigenvalue weighted by Crippen LogP contribution is -2.26. The summed E-state index contributed by atoms with van der Waals surface area (Å²) in [6.45, 7) is -0.106. The van der Waals surface area contributed by atoms with Gasteiger partial charge in [0.25, 0.3) is 5.56 Å². The molecular weight excluding hydrogens is 391 g/mol. The highest BCUT2D eigenvalue weighted by atomic mass is 35.5. The van der Waals surface area contributed by atoms with Crippen molar-refractivity contribution in [2.45, 2.75) is 5.16 Å². The summed E-state index contributed by atoms with van der Waals surface area (Å²) in [5.41, 5.74) is 0.458. The molecular formula is C18H12ClFN4O2S. The summed E-state index contributed by atoms with van der Waals surface area (Å²) in [5, 5.41) is 11.5. The maximum Gasteiger partial charge on any atom is 0.266 e. The highest BCUT2D eigenvalue weighted by Crippen LogP contribution is 2.24. The number of nitrogens with zero attached hydrogens (tertiary/aromatic N) is 3. The van der Waals surface area contributed by atoms with E-state index >= 15 is 0 Å². The van der Waals surface area contributed by atoms with E-state index < -0.39 is 5.82 Å². The zero-order valence-electron chi connectivity index (χ0n) is 13.8. The normalized spacial score (nSPS) is 10.6. The molecule has 3 aromatic rings. The third-order valence-corrected chi connectivity index (χ3v) is 4.83. The van der Waals surface area contributed by atoms with Crippen molar-refractivity contribution >= 4 is 40.2 Å². The van der Waals surface area contributed by atoms with Crippen LogP contribution in [0.25, 0.3) is 16.6 Å². The Balaban J connectivity index is 2.10. The van der Waals surface area contributed by atoms with Crippen LogP contribution in [0.4, 0.5) is 4.39 Å². The number of amides is 1. The number of fused-ring (bicyclic) bond motifs is 1. The fourth-order valence-electron chi connectivity index (χ4n) is 2.38. The van der Waals surface area contributed by atoms with Crippen LogP contribution in [0.5, 0.6) is 0 Å². The second kappa shape index (κ2) is 8.20. The van der Waals surface area contributed by atoms with Gasteiger partial charge in [-0.05, 0) is 30.3 Å². The Kier molecular flexibility index (Phi) is 5.74. The molecule has 0 saturated carbocycles. The minimum atomic E-state index is -0.604. The number of para-hydroxylation sites is 1. The van der Waals surface area contributed by atoms with Gasteiger partial charge in [0, 0.05) is 0 Å². The smallest absolute Gasteiger partial charge is 0.266 e. The summed E-state index contributed by atoms with van der Waals surface area (Å²) < 4.78 is 14.8. The molecule has 0 aliphatic carbocycles. The minimum absolute atomic E-state index is 0.0403. The van der Waals surface area contributed by atoms with Crippen LogP contribution in [0.15, 0.2) is 52.4 Å². The fourth-order valence-corrected chi connectivity index (χ4v) is 3.40. The lowest BCUT2D eigenvalue weighted by atomic mass is 10.2. The molecule has 0 bridgehead atoms. The molecule has 1 amide bonds. The largest absolute Gasteiger partial charge is 0.342 e. The van der Waals surface area contributed by atoms with Gasteiger partial charge in [0.15, 0.2) is 5.16 Å². The Morgan fingerprint density at radius 2 is 2.11 bits per heavy atom. The highest BCUT2D eigenvalue weighted by molar-refractivity contribution is 7.99. The van der Waals surface area contributed by atoms with E-state index in [1.54, 1.807) is 24.3 Å². The van der Waals surface area contributed by atoms with E-state index in [1.165, 1.54) is 16.7 Å². The lowest BCUT2D eigenvalue weighted by Gasteiger charge is -2.13. The van der Waals surface area contributed by atoms with Crippen molar-refractivity contribution in [3.8, 4) is 11.8 Å². The molecule has 136 valence electrons. The van der Waals surface area contributed by atoms with Crippen molar-refractivity contribution in [1.29, 1.82) is 5.26 Å². The summed E-state index contributed by atoms with van der Waals surface area (Å²) in [6, 6.07) is 12.5. The van der Waals surface area contributed by atoms with Gasteiger partial charge in [-0.15, -0.1) is 0 Å². The molecule has 2 aromatic carbocycles. The van der Waals surface area contributed by atoms with E-state index in [9.17, 15) is 14.0 Å². The third-order valence-electron chi connectivity index (χ3n) is 3.60. The molecule has 0 atom stereocenters. The number of hydrogen-bond acceptors (Lipinski definition) is 5. The van der Waals surface area contributed by atoms with Gasteiger partial charge in [-0.25, -0.2) is 9.37 Å². The van der Waals surface area contributed by atoms with E-state index in [1.807, 2.05) is 6.07 Å². The second-order valence-corrected chi connectivity index (χ2v) is 6.72. The SMILES string of the molecule is N#CCNC(=O)CSc1nc2ccccc2c(=O)n1-c1ccc(F)c(Cl)c1. The summed E-state index contributed by atoms with van der Waals surface area (Å²) in [4.78, 5) is 29.3. The van der Waals surface area contributed by atoms with Crippen LogP contribution in [0.1, 0.15) is 0 Å². The standard InChI is InChI=1S/C18H12ClFN4O2S/c19-13-9-11(5-6-14(13)20)24-17(26)12-3-1-2-4-15(12)23-18(24)27-10-16(25)22-8-7-21/h1-6,9H,8,10H2,(H,22,25). The Labute approximate surface area is 162 Å². The van der Waals surface area contributed by atoms with Crippen molar-refractivity contribution in [3.63, 3.8) is 0 Å². The van der Waals surface area contributed by atoms with Crippen LogP contribution in [0.3, 0.4) is 0 Å². The van der Waals surface area contributed by atoms with E-state index in [0.717, 1.165) is 17.8 Å². The molecule has 3 rings (SSSR count). The van der Waals surface area contributed by atoms with E-state index in [4.69, 9.17) is 16.9 Å². The molecule has 1 aromatic heterocycles. The van der Waals surface area contributed by atoms with Gasteiger partial charge in [-0.2, -0.15) is 5.26 Å². The van der Waals surface area contributed by atoms with Gasteiger partial charge in [0.2, 0.25) is 5.91 Å². The maximum atomic E-state index is 13.5. The average Bonchev–Trinajstić information content (AvgIpc) is 2.67. The predicted octanol–water partition coefficient (Wildman–Crippen LogP) is 2.91. The summed E-state index contributed by atoms with van der Waals surface area (Å²) in [7, 11) is 0. The number of rotatable bonds is 5. The molecule has 0 fully saturated rings. The molecule has 0 radical (unpaired) electrons. The van der Waals surface area contributed by atoms with Gasteiger partial charge >= 0.3 is 0 Å². The van der Waals surface area contributed by atoms with Crippen molar-refractivity contribution in [1.82, 2.24) is 14.9 Å². The van der Waals surface area contributed by atoms with Crippen LogP contribution in [0, 0.1) is 17.1 Å². The first-order valence-corrected chi connectivity index (χ1v) is 9.11. The number of carbonyl (C=O) groups is 1. The van der Waals surface area contributed by atoms with Crippen molar-refractivity contribution in [3.05, 3.63) is 63.7 Å². The topological polar surface area (TPSA) is 87.8 Å². The third kappa shape index (κ3) is 4.10. The second-order valence-electron chi connectivity index (χ2n) is 5.37. The van der Waals surface area contributed by atoms with Crippen LogP contribution < -0.4 is 10.9 Å². The van der Waals surface area contributed by atoms with Gasteiger partial charge in [-0.1, -0.05) is 35.5 Å². The van der Waals surface area contributed by atoms with Crippen LogP contribution in [-0.4, -0.2) is 27.8 Å². The minimum Gasteiger partial charge on any atom is -0.342 e. The highest BCUT2D eigenvalue weighted by Gasteiger charge is 2.15. The molecule has 0 unspecified atom stereocenters. The molecule has 9 heteroatoms. The van der Waals surface area contributed by atoms with Crippen molar-refractivity contribution in [2.75, 3.05) is 12.3 Å². The zero-order valence-corrected chi connectivity index (χ0v) is 15.4. The number of nitrogens with one attached hydrogen (secondary N) is 1. The molecule has 0 aliphatic heterocycles. The molecule has 0 spiro atoms. The van der Waals surface area contributed by atoms with Crippen LogP contribution >= 0.6 is 23.4 Å². The summed E-state index contributed by atoms with van der Waals surface area (Å²) in [5.74, 6) is -1.01. The molecule has 0 aliphatic rings. The first kappa shape index (κ1) is 18.9. The molecule has 27 heavy (non-hydrogen) atoms. The Morgan fingerprint density at radius 3 is 2.85 bits per heavy atom. The Hall–Kier alpha value is -2.89. The quantitative estimate of drug-likeness (QED) is 0.403. The van der Waals surface area contributed by atoms with Crippen molar-refractivity contribution in [2.24, 2.45) is 0 Å². The molecule has 0 saturated heterocycles.